The van der Waals surface area contributed by atoms with E-state index in [0.717, 1.165) is 12.8 Å². The Bertz CT molecular complexity index is 183. The molecule has 0 N–H and O–H groups in total. The van der Waals surface area contributed by atoms with Crippen LogP contribution in [0.3, 0.4) is 0 Å². The molecule has 2 heteroatoms. The Kier molecular flexibility index (Phi) is 12.0. The number of ether oxygens (including phenoxy) is 1. The van der Waals surface area contributed by atoms with Crippen LogP contribution < -0.4 is 0 Å². The quantitative estimate of drug-likeness (QED) is 0.312. The molecule has 0 aliphatic heterocycles. The minimum Gasteiger partial charge on any atom is -0.464 e. The van der Waals surface area contributed by atoms with Crippen molar-refractivity contribution < 1.29 is 9.53 Å². The van der Waals surface area contributed by atoms with Crippen molar-refractivity contribution in [1.82, 2.24) is 0 Å². The third kappa shape index (κ3) is 12.9. The molecule has 0 rings (SSSR count). The van der Waals surface area contributed by atoms with E-state index in [9.17, 15) is 4.79 Å². The molecule has 0 atom stereocenters. The summed E-state index contributed by atoms with van der Waals surface area (Å²) in [7, 11) is 0. The molecule has 0 saturated heterocycles. The minimum absolute atomic E-state index is 0.399. The number of allylic oxidation sites excluding steroid dienone is 3. The highest BCUT2D eigenvalue weighted by atomic mass is 16.5. The summed E-state index contributed by atoms with van der Waals surface area (Å²) in [6.45, 7) is 3.08. The lowest BCUT2D eigenvalue weighted by Crippen LogP contribution is -1.85. The lowest BCUT2D eigenvalue weighted by Gasteiger charge is -1.92. The molecule has 2 nitrogen and oxygen atoms in total. The molecule has 0 aromatic rings. The summed E-state index contributed by atoms with van der Waals surface area (Å²) in [6.07, 6.45) is 15.6. The lowest BCUT2D eigenvalue weighted by atomic mass is 10.2. The molecule has 0 radical (unpaired) electrons. The van der Waals surface area contributed by atoms with Gasteiger partial charge in [0.15, 0.2) is 0 Å². The fourth-order valence-corrected chi connectivity index (χ4v) is 1.19. The molecule has 0 aliphatic rings. The fourth-order valence-electron chi connectivity index (χ4n) is 1.19. The summed E-state index contributed by atoms with van der Waals surface area (Å²) in [5, 5.41) is 0. The fraction of sp³-hybridized carbons (Fsp3) is 0.615. The molecule has 0 spiro atoms. The first kappa shape index (κ1) is 13.9. The molecule has 86 valence electrons. The van der Waals surface area contributed by atoms with Crippen molar-refractivity contribution in [3.8, 4) is 0 Å². The molecule has 15 heavy (non-hydrogen) atoms. The van der Waals surface area contributed by atoms with E-state index in [1.54, 1.807) is 0 Å². The van der Waals surface area contributed by atoms with Gasteiger partial charge in [-0.15, -0.1) is 0 Å². The van der Waals surface area contributed by atoms with E-state index in [-0.39, 0.29) is 0 Å². The normalized spacial score (nSPS) is 11.3. The van der Waals surface area contributed by atoms with Crippen LogP contribution in [0, 0.1) is 0 Å². The largest absolute Gasteiger partial charge is 0.464 e. The summed E-state index contributed by atoms with van der Waals surface area (Å²) in [6, 6.07) is 0. The van der Waals surface area contributed by atoms with Crippen LogP contribution in [0.5, 0.6) is 0 Å². The van der Waals surface area contributed by atoms with Crippen LogP contribution in [0.1, 0.15) is 45.4 Å². The van der Waals surface area contributed by atoms with Gasteiger partial charge in [-0.3, -0.25) is 4.79 Å². The van der Waals surface area contributed by atoms with Gasteiger partial charge in [0.25, 0.3) is 6.47 Å². The molecule has 0 fully saturated rings. The molecular formula is C13H22O2. The van der Waals surface area contributed by atoms with E-state index in [4.69, 9.17) is 0 Å². The Morgan fingerprint density at radius 2 is 1.53 bits per heavy atom. The zero-order chi connectivity index (χ0) is 11.2. The maximum Gasteiger partial charge on any atom is 0.293 e. The van der Waals surface area contributed by atoms with Gasteiger partial charge in [-0.25, -0.2) is 0 Å². The van der Waals surface area contributed by atoms with E-state index in [2.05, 4.69) is 29.9 Å². The lowest BCUT2D eigenvalue weighted by molar-refractivity contribution is -0.127. The Balaban J connectivity index is 3.13. The molecule has 0 unspecified atom stereocenters. The monoisotopic (exact) mass is 210 g/mol. The van der Waals surface area contributed by atoms with Crippen molar-refractivity contribution >= 4 is 6.47 Å². The van der Waals surface area contributed by atoms with Crippen LogP contribution in [0.4, 0.5) is 0 Å². The van der Waals surface area contributed by atoms with Gasteiger partial charge in [0.05, 0.1) is 0 Å². The number of hydrogen-bond donors (Lipinski definition) is 0. The third-order valence-electron chi connectivity index (χ3n) is 2.06. The maximum atomic E-state index is 9.80. The molecule has 0 heterocycles. The molecule has 0 aliphatic carbocycles. The molecule has 0 bridgehead atoms. The average molecular weight is 210 g/mol. The first-order valence-electron chi connectivity index (χ1n) is 5.77. The van der Waals surface area contributed by atoms with Crippen LogP contribution in [-0.4, -0.2) is 13.1 Å². The number of carbonyl (C=O) groups excluding carboxylic acids is 1. The van der Waals surface area contributed by atoms with Crippen LogP contribution in [-0.2, 0) is 9.53 Å². The second kappa shape index (κ2) is 12.9. The topological polar surface area (TPSA) is 26.3 Å². The van der Waals surface area contributed by atoms with Crippen LogP contribution in [0.2, 0.25) is 0 Å². The molecular weight excluding hydrogens is 188 g/mol. The first-order chi connectivity index (χ1) is 7.41. The first-order valence-corrected chi connectivity index (χ1v) is 5.77. The Hall–Kier alpha value is -1.05. The number of rotatable bonds is 10. The van der Waals surface area contributed by atoms with Gasteiger partial charge in [-0.2, -0.15) is 0 Å². The van der Waals surface area contributed by atoms with E-state index >= 15 is 0 Å². The highest BCUT2D eigenvalue weighted by molar-refractivity contribution is 5.37. The van der Waals surface area contributed by atoms with Gasteiger partial charge < -0.3 is 4.74 Å². The van der Waals surface area contributed by atoms with Gasteiger partial charge in [0.1, 0.15) is 6.61 Å². The minimum atomic E-state index is 0.399. The molecule has 0 aromatic heterocycles. The van der Waals surface area contributed by atoms with Gasteiger partial charge in [-0.05, 0) is 25.7 Å². The van der Waals surface area contributed by atoms with E-state index in [1.807, 2.05) is 6.08 Å². The molecule has 0 saturated carbocycles. The zero-order valence-electron chi connectivity index (χ0n) is 9.65. The second-order valence-electron chi connectivity index (χ2n) is 3.45. The summed E-state index contributed by atoms with van der Waals surface area (Å²) >= 11 is 0. The maximum absolute atomic E-state index is 9.80. The standard InChI is InChI=1S/C13H22O2/c1-2-3-4-5-6-7-8-9-10-11-12-15-13-14/h5-6,10-11,13H,2-4,7-9,12H2,1H3/b6-5+,11-10-. The van der Waals surface area contributed by atoms with Crippen molar-refractivity contribution in [2.24, 2.45) is 0 Å². The van der Waals surface area contributed by atoms with Crippen molar-refractivity contribution in [1.29, 1.82) is 0 Å². The second-order valence-corrected chi connectivity index (χ2v) is 3.45. The van der Waals surface area contributed by atoms with E-state index < -0.39 is 0 Å². The molecule has 0 aromatic carbocycles. The summed E-state index contributed by atoms with van der Waals surface area (Å²) in [5.74, 6) is 0. The Morgan fingerprint density at radius 3 is 2.13 bits per heavy atom. The van der Waals surface area contributed by atoms with Crippen molar-refractivity contribution in [2.45, 2.75) is 45.4 Å². The van der Waals surface area contributed by atoms with Gasteiger partial charge in [0, 0.05) is 0 Å². The summed E-state index contributed by atoms with van der Waals surface area (Å²) < 4.78 is 4.52. The SMILES string of the molecule is CCCC/C=C/CCC/C=C\COC=O. The van der Waals surface area contributed by atoms with Crippen LogP contribution in [0.25, 0.3) is 0 Å². The number of unbranched alkanes of at least 4 members (excludes halogenated alkanes) is 4. The van der Waals surface area contributed by atoms with E-state index in [0.29, 0.717) is 13.1 Å². The van der Waals surface area contributed by atoms with Gasteiger partial charge >= 0.3 is 0 Å². The van der Waals surface area contributed by atoms with Crippen LogP contribution in [0.15, 0.2) is 24.3 Å². The highest BCUT2D eigenvalue weighted by Gasteiger charge is 1.82. The average Bonchev–Trinajstić information content (AvgIpc) is 2.26. The summed E-state index contributed by atoms with van der Waals surface area (Å²) in [4.78, 5) is 9.80. The molecule has 0 amide bonds. The van der Waals surface area contributed by atoms with Crippen LogP contribution >= 0.6 is 0 Å². The number of hydrogen-bond acceptors (Lipinski definition) is 2. The van der Waals surface area contributed by atoms with Crippen molar-refractivity contribution in [3.05, 3.63) is 24.3 Å². The highest BCUT2D eigenvalue weighted by Crippen LogP contribution is 2.01. The predicted molar refractivity (Wildman–Crippen MR) is 63.7 cm³/mol. The Labute approximate surface area is 93.0 Å². The predicted octanol–water partition coefficient (Wildman–Crippen LogP) is 3.63. The number of carbonyl (C=O) groups is 1. The smallest absolute Gasteiger partial charge is 0.293 e. The van der Waals surface area contributed by atoms with Crippen molar-refractivity contribution in [2.75, 3.05) is 6.61 Å². The Morgan fingerprint density at radius 1 is 0.933 bits per heavy atom. The van der Waals surface area contributed by atoms with Gasteiger partial charge in [-0.1, -0.05) is 44.1 Å². The zero-order valence-corrected chi connectivity index (χ0v) is 9.65. The van der Waals surface area contributed by atoms with E-state index in [1.165, 1.54) is 25.7 Å². The summed E-state index contributed by atoms with van der Waals surface area (Å²) in [5.41, 5.74) is 0. The third-order valence-corrected chi connectivity index (χ3v) is 2.06. The van der Waals surface area contributed by atoms with Crippen molar-refractivity contribution in [3.63, 3.8) is 0 Å². The van der Waals surface area contributed by atoms with Gasteiger partial charge in [0.2, 0.25) is 0 Å².